The van der Waals surface area contributed by atoms with Crippen LogP contribution in [-0.4, -0.2) is 46.6 Å². The van der Waals surface area contributed by atoms with Crippen LogP contribution in [0.1, 0.15) is 18.4 Å². The van der Waals surface area contributed by atoms with Gasteiger partial charge in [0.2, 0.25) is 5.91 Å². The molecule has 0 saturated carbocycles. The molecule has 0 heterocycles. The Morgan fingerprint density at radius 2 is 1.70 bits per heavy atom. The van der Waals surface area contributed by atoms with E-state index in [0.717, 1.165) is 12.1 Å². The molecule has 12 nitrogen and oxygen atoms in total. The maximum Gasteiger partial charge on any atom is 0.408 e. The summed E-state index contributed by atoms with van der Waals surface area (Å²) in [7, 11) is 0. The van der Waals surface area contributed by atoms with Crippen LogP contribution >= 0.6 is 0 Å². The Hall–Kier alpha value is -4.48. The lowest BCUT2D eigenvalue weighted by molar-refractivity contribution is -0.384. The highest BCUT2D eigenvalue weighted by Crippen LogP contribution is 2.18. The van der Waals surface area contributed by atoms with Crippen LogP contribution in [0, 0.1) is 10.1 Å². The van der Waals surface area contributed by atoms with Gasteiger partial charge in [0.1, 0.15) is 24.9 Å². The molecule has 0 unspecified atom stereocenters. The molecular weight excluding hydrogens is 438 g/mol. The van der Waals surface area contributed by atoms with Gasteiger partial charge in [-0.2, -0.15) is 0 Å². The van der Waals surface area contributed by atoms with Crippen LogP contribution in [0.3, 0.4) is 0 Å². The molecule has 0 bridgehead atoms. The Morgan fingerprint density at radius 3 is 2.30 bits per heavy atom. The number of nitrogens with one attached hydrogen (secondary N) is 2. The number of nitrogens with zero attached hydrogens (tertiary/aromatic N) is 1. The Bertz CT molecular complexity index is 994. The lowest BCUT2D eigenvalue weighted by atomic mass is 10.1. The van der Waals surface area contributed by atoms with E-state index >= 15 is 0 Å². The number of carbonyl (C=O) groups excluding carboxylic acids is 3. The molecule has 0 aromatic heterocycles. The number of nitro groups is 1. The molecule has 12 heteroatoms. The van der Waals surface area contributed by atoms with Gasteiger partial charge in [-0.25, -0.2) is 4.79 Å². The molecule has 174 valence electrons. The van der Waals surface area contributed by atoms with Gasteiger partial charge in [0.25, 0.3) is 5.69 Å². The highest BCUT2D eigenvalue weighted by atomic mass is 16.6. The fraction of sp³-hybridized carbons (Fsp3) is 0.238. The third kappa shape index (κ3) is 9.04. The second kappa shape index (κ2) is 12.4. The van der Waals surface area contributed by atoms with Gasteiger partial charge in [0.15, 0.2) is 0 Å². The van der Waals surface area contributed by atoms with Gasteiger partial charge in [-0.1, -0.05) is 30.3 Å². The summed E-state index contributed by atoms with van der Waals surface area (Å²) < 4.78 is 10.1. The average Bonchev–Trinajstić information content (AvgIpc) is 2.79. The van der Waals surface area contributed by atoms with Gasteiger partial charge in [-0.05, 0) is 24.1 Å². The lowest BCUT2D eigenvalue weighted by Gasteiger charge is -2.17. The summed E-state index contributed by atoms with van der Waals surface area (Å²) in [6.45, 7) is -0.734. The van der Waals surface area contributed by atoms with Gasteiger partial charge in [0.05, 0.1) is 4.92 Å². The van der Waals surface area contributed by atoms with Gasteiger partial charge >= 0.3 is 18.0 Å². The number of carboxylic acids is 1. The van der Waals surface area contributed by atoms with E-state index in [1.807, 2.05) is 0 Å². The van der Waals surface area contributed by atoms with Crippen molar-refractivity contribution in [3.8, 4) is 5.75 Å². The summed E-state index contributed by atoms with van der Waals surface area (Å²) >= 11 is 0. The van der Waals surface area contributed by atoms with Crippen LogP contribution in [0.4, 0.5) is 10.5 Å². The summed E-state index contributed by atoms with van der Waals surface area (Å²) in [6.07, 6.45) is -1.46. The molecule has 0 aliphatic heterocycles. The quantitative estimate of drug-likeness (QED) is 0.196. The number of ether oxygens (including phenoxy) is 2. The standard InChI is InChI=1S/C21H21N3O9/c25-18(26)12-22-20(28)17(23-21(29)32-13-14-4-2-1-3-5-14)10-11-19(27)33-16-8-6-15(7-9-16)24(30)31/h1-9,17H,10-13H2,(H,22,28)(H,23,29)(H,25,26)/t17-/m0/s1. The Labute approximate surface area is 187 Å². The fourth-order valence-corrected chi connectivity index (χ4v) is 2.54. The number of hydrogen-bond donors (Lipinski definition) is 3. The van der Waals surface area contributed by atoms with E-state index in [1.54, 1.807) is 30.3 Å². The van der Waals surface area contributed by atoms with Crippen molar-refractivity contribution in [2.24, 2.45) is 0 Å². The maximum absolute atomic E-state index is 12.3. The van der Waals surface area contributed by atoms with Gasteiger partial charge in [-0.3, -0.25) is 24.5 Å². The van der Waals surface area contributed by atoms with E-state index in [4.69, 9.17) is 14.6 Å². The normalized spacial score (nSPS) is 11.0. The SMILES string of the molecule is O=C(O)CNC(=O)[C@H](CCC(=O)Oc1ccc([N+](=O)[O-])cc1)NC(=O)OCc1ccccc1. The summed E-state index contributed by atoms with van der Waals surface area (Å²) in [6, 6.07) is 12.3. The second-order valence-corrected chi connectivity index (χ2v) is 6.63. The molecule has 2 amide bonds. The van der Waals surface area contributed by atoms with Crippen molar-refractivity contribution in [2.75, 3.05) is 6.54 Å². The molecule has 2 rings (SSSR count). The zero-order valence-corrected chi connectivity index (χ0v) is 17.3. The zero-order valence-electron chi connectivity index (χ0n) is 17.3. The molecule has 2 aromatic carbocycles. The molecule has 0 saturated heterocycles. The molecule has 1 atom stereocenters. The van der Waals surface area contributed by atoms with Crippen molar-refractivity contribution in [3.63, 3.8) is 0 Å². The van der Waals surface area contributed by atoms with Crippen molar-refractivity contribution < 1.29 is 38.7 Å². The minimum absolute atomic E-state index is 0.0572. The second-order valence-electron chi connectivity index (χ2n) is 6.63. The molecule has 0 aliphatic carbocycles. The monoisotopic (exact) mass is 459 g/mol. The Balaban J connectivity index is 1.92. The van der Waals surface area contributed by atoms with Gasteiger partial charge in [-0.15, -0.1) is 0 Å². The van der Waals surface area contributed by atoms with Crippen LogP contribution < -0.4 is 15.4 Å². The third-order valence-corrected chi connectivity index (χ3v) is 4.15. The Morgan fingerprint density at radius 1 is 1.03 bits per heavy atom. The number of alkyl carbamates (subject to hydrolysis) is 1. The van der Waals surface area contributed by atoms with Crippen molar-refractivity contribution in [3.05, 3.63) is 70.3 Å². The number of hydrogen-bond acceptors (Lipinski definition) is 8. The number of aliphatic carboxylic acids is 1. The topological polar surface area (TPSA) is 174 Å². The van der Waals surface area contributed by atoms with Crippen molar-refractivity contribution in [2.45, 2.75) is 25.5 Å². The highest BCUT2D eigenvalue weighted by Gasteiger charge is 2.23. The number of amides is 2. The minimum atomic E-state index is -1.29. The summed E-state index contributed by atoms with van der Waals surface area (Å²) in [5.74, 6) is -2.81. The average molecular weight is 459 g/mol. The number of carboxylic acid groups (broad SMARTS) is 1. The number of rotatable bonds is 11. The minimum Gasteiger partial charge on any atom is -0.480 e. The van der Waals surface area contributed by atoms with Crippen molar-refractivity contribution >= 4 is 29.6 Å². The lowest BCUT2D eigenvalue weighted by Crippen LogP contribution is -2.48. The van der Waals surface area contributed by atoms with Gasteiger partial charge in [0, 0.05) is 18.6 Å². The van der Waals surface area contributed by atoms with E-state index in [9.17, 15) is 29.3 Å². The third-order valence-electron chi connectivity index (χ3n) is 4.15. The van der Waals surface area contributed by atoms with Crippen molar-refractivity contribution in [1.82, 2.24) is 10.6 Å². The summed E-state index contributed by atoms with van der Waals surface area (Å²) in [4.78, 5) is 57.2. The first-order valence-electron chi connectivity index (χ1n) is 9.66. The number of carbonyl (C=O) groups is 4. The van der Waals surface area contributed by atoms with E-state index < -0.39 is 41.4 Å². The van der Waals surface area contributed by atoms with Crippen LogP contribution in [0.2, 0.25) is 0 Å². The predicted octanol–water partition coefficient (Wildman–Crippen LogP) is 1.78. The number of non-ortho nitro benzene ring substituents is 1. The van der Waals surface area contributed by atoms with Crippen LogP contribution in [-0.2, 0) is 25.7 Å². The molecule has 0 spiro atoms. The molecular formula is C21H21N3O9. The first kappa shape index (κ1) is 24.8. The molecule has 0 fully saturated rings. The van der Waals surface area contributed by atoms with Crippen LogP contribution in [0.15, 0.2) is 54.6 Å². The molecule has 3 N–H and O–H groups in total. The maximum atomic E-state index is 12.3. The molecule has 2 aromatic rings. The van der Waals surface area contributed by atoms with Crippen LogP contribution in [0.5, 0.6) is 5.75 Å². The summed E-state index contributed by atoms with van der Waals surface area (Å²) in [5, 5.41) is 23.8. The van der Waals surface area contributed by atoms with E-state index in [2.05, 4.69) is 10.6 Å². The molecule has 33 heavy (non-hydrogen) atoms. The highest BCUT2D eigenvalue weighted by molar-refractivity contribution is 5.88. The van der Waals surface area contributed by atoms with Crippen LogP contribution in [0.25, 0.3) is 0 Å². The first-order valence-corrected chi connectivity index (χ1v) is 9.66. The number of nitro benzene ring substituents is 1. The number of esters is 1. The van der Waals surface area contributed by atoms with E-state index in [1.165, 1.54) is 12.1 Å². The van der Waals surface area contributed by atoms with Gasteiger partial charge < -0.3 is 25.2 Å². The number of benzene rings is 2. The molecule has 0 aliphatic rings. The zero-order chi connectivity index (χ0) is 24.2. The smallest absolute Gasteiger partial charge is 0.408 e. The largest absolute Gasteiger partial charge is 0.480 e. The molecule has 0 radical (unpaired) electrons. The predicted molar refractivity (Wildman–Crippen MR) is 112 cm³/mol. The van der Waals surface area contributed by atoms with E-state index in [0.29, 0.717) is 5.56 Å². The Kier molecular flexibility index (Phi) is 9.31. The van der Waals surface area contributed by atoms with Crippen molar-refractivity contribution in [1.29, 1.82) is 0 Å². The summed E-state index contributed by atoms with van der Waals surface area (Å²) in [5.41, 5.74) is 0.536. The van der Waals surface area contributed by atoms with E-state index in [-0.39, 0.29) is 30.9 Å². The fourth-order valence-electron chi connectivity index (χ4n) is 2.54. The first-order chi connectivity index (χ1) is 15.7.